The number of aliphatic hydroxyl groups is 2. The molecule has 18 atom stereocenters. The molecule has 6 saturated carbocycles. The molecule has 6 heteroatoms. The van der Waals surface area contributed by atoms with Crippen LogP contribution in [0.4, 0.5) is 0 Å². The molecule has 8 aliphatic carbocycles. The Morgan fingerprint density at radius 2 is 1.03 bits per heavy atom. The average Bonchev–Trinajstić information content (AvgIpc) is 3.91. The number of rotatable bonds is 11. The number of fused-ring (bicyclic) bond motifs is 14. The van der Waals surface area contributed by atoms with Crippen molar-refractivity contribution in [1.29, 1.82) is 0 Å². The summed E-state index contributed by atoms with van der Waals surface area (Å²) >= 11 is 1.58. The maximum absolute atomic E-state index is 10.4. The summed E-state index contributed by atoms with van der Waals surface area (Å²) in [6, 6.07) is 0. The molecule has 2 N–H and O–H groups in total. The van der Waals surface area contributed by atoms with Gasteiger partial charge in [-0.1, -0.05) is 25.0 Å². The van der Waals surface area contributed by atoms with E-state index in [2.05, 4.69) is 67.5 Å². The number of ether oxygens (including phenoxy) is 2. The molecule has 0 amide bonds. The molecule has 0 aromatic rings. The van der Waals surface area contributed by atoms with Gasteiger partial charge in [-0.05, 0) is 38.5 Å². The van der Waals surface area contributed by atoms with Crippen LogP contribution >= 0.6 is 0 Å². The summed E-state index contributed by atoms with van der Waals surface area (Å²) in [6.07, 6.45) is 27.3. The summed E-state index contributed by atoms with van der Waals surface area (Å²) < 4.78 is 14.0. The zero-order valence-electron chi connectivity index (χ0n) is 38.9. The Labute approximate surface area is 376 Å². The van der Waals surface area contributed by atoms with Crippen molar-refractivity contribution in [2.45, 2.75) is 206 Å². The van der Waals surface area contributed by atoms with Crippen molar-refractivity contribution in [3.63, 3.8) is 0 Å². The van der Waals surface area contributed by atoms with Crippen LogP contribution in [0.5, 0.6) is 0 Å². The van der Waals surface area contributed by atoms with Crippen LogP contribution in [0.2, 0.25) is 10.6 Å². The van der Waals surface area contributed by atoms with Gasteiger partial charge in [-0.3, -0.25) is 0 Å². The molecule has 2 heterocycles. The minimum atomic E-state index is -0.116. The van der Waals surface area contributed by atoms with Crippen molar-refractivity contribution in [2.24, 2.45) is 80.8 Å². The fraction of sp³-hybridized carbons (Fsp3) is 0.852. The second kappa shape index (κ2) is 16.1. The molecule has 0 aromatic heterocycles. The van der Waals surface area contributed by atoms with Gasteiger partial charge in [0, 0.05) is 0 Å². The van der Waals surface area contributed by atoms with Crippen LogP contribution < -0.4 is 0 Å². The molecule has 10 rings (SSSR count). The monoisotopic (exact) mass is 954 g/mol. The van der Waals surface area contributed by atoms with Crippen molar-refractivity contribution < 1.29 is 19.7 Å². The molecule has 0 spiro atoms. The van der Waals surface area contributed by atoms with E-state index in [1.807, 2.05) is 0 Å². The van der Waals surface area contributed by atoms with Crippen molar-refractivity contribution in [3.05, 3.63) is 46.0 Å². The van der Waals surface area contributed by atoms with Crippen LogP contribution in [-0.4, -0.2) is 60.9 Å². The van der Waals surface area contributed by atoms with Gasteiger partial charge in [0.2, 0.25) is 0 Å². The molecule has 4 nitrogen and oxygen atoms in total. The first-order valence-corrected chi connectivity index (χ1v) is 32.1. The van der Waals surface area contributed by atoms with Gasteiger partial charge >= 0.3 is 293 Å². The van der Waals surface area contributed by atoms with Crippen LogP contribution in [0.25, 0.3) is 0 Å². The molecule has 60 heavy (non-hydrogen) atoms. The van der Waals surface area contributed by atoms with Crippen LogP contribution in [0.1, 0.15) is 171 Å². The zero-order chi connectivity index (χ0) is 41.9. The number of aliphatic hydroxyl groups excluding tert-OH is 2. The topological polar surface area (TPSA) is 58.9 Å². The number of hydrogen-bond donors (Lipinski definition) is 2. The van der Waals surface area contributed by atoms with E-state index in [-0.39, 0.29) is 12.2 Å². The van der Waals surface area contributed by atoms with Crippen molar-refractivity contribution in [3.8, 4) is 0 Å². The Kier molecular flexibility index (Phi) is 11.7. The Bertz CT molecular complexity index is 1670. The summed E-state index contributed by atoms with van der Waals surface area (Å²) in [6.45, 7) is 20.4. The summed E-state index contributed by atoms with van der Waals surface area (Å²) in [5.74, 6) is 10.4. The van der Waals surface area contributed by atoms with Crippen LogP contribution in [0.3, 0.4) is 0 Å². The van der Waals surface area contributed by atoms with Gasteiger partial charge in [0.1, 0.15) is 0 Å². The van der Waals surface area contributed by atoms with Gasteiger partial charge in [0.25, 0.3) is 0 Å². The van der Waals surface area contributed by atoms with E-state index in [1.54, 1.807) is 22.3 Å². The third kappa shape index (κ3) is 6.96. The SMILES string of the molecule is CC1=C(CCC(C)C[Se][Se]CC(C)CCC2=C(C)[C@H]3[C@H](C[C@H]4[C@@H]5CC=C6C[C@@H](O)CC[C@]6(C)[C@H]5CC[C@@]43C)O2)O[C@H]2C[C@H]3[C@@H]4CC=C5C[C@@H](O)CC[C@]5(C)[C@H]4CC[C@]3(C)[C@@H]12. The molecule has 0 aromatic carbocycles. The average molecular weight is 953 g/mol. The van der Waals surface area contributed by atoms with Crippen molar-refractivity contribution in [2.75, 3.05) is 0 Å². The predicted octanol–water partition coefficient (Wildman–Crippen LogP) is 12.4. The fourth-order valence-electron chi connectivity index (χ4n) is 17.7. The van der Waals surface area contributed by atoms with E-state index in [9.17, 15) is 10.2 Å². The van der Waals surface area contributed by atoms with E-state index in [0.29, 0.717) is 45.7 Å². The molecule has 2 aliphatic heterocycles. The first-order valence-electron chi connectivity index (χ1n) is 25.4. The second-order valence-electron chi connectivity index (χ2n) is 24.2. The minimum absolute atomic E-state index is 0.116. The van der Waals surface area contributed by atoms with Gasteiger partial charge in [0.05, 0.1) is 12.2 Å². The standard InChI is InChI=1S/C54H82O4Se2/c1-31(9-15-45-33(3)49-47(57-45)27-43-39-13-11-35-25-37(55)17-21-51(35,5)41(39)19-23-53(43,49)7)29-59-60-30-32(2)10-16-46-34(4)50-48(58-46)28-44-40-14-12-36-26-38(56)18-22-52(36,6)42(40)20-24-54(44,50)8/h11-12,31-32,37-44,47-50,55-56H,9-10,13-30H2,1-8H3/t31?,32?,37-,38-,39+,40+,41-,42-,43-,44-,47-,48-,49-,50-,51-,52-,53-,54-/m0/s1. The zero-order valence-corrected chi connectivity index (χ0v) is 42.3. The van der Waals surface area contributed by atoms with Crippen molar-refractivity contribution >= 4 is 26.3 Å². The molecule has 334 valence electrons. The third-order valence-electron chi connectivity index (χ3n) is 21.1. The van der Waals surface area contributed by atoms with Gasteiger partial charge in [-0.2, -0.15) is 0 Å². The first-order chi connectivity index (χ1) is 28.6. The third-order valence-corrected chi connectivity index (χ3v) is 29.2. The molecule has 0 bridgehead atoms. The second-order valence-corrected chi connectivity index (χ2v) is 31.7. The molecule has 10 aliphatic rings. The summed E-state index contributed by atoms with van der Waals surface area (Å²) in [4.78, 5) is 0. The van der Waals surface area contributed by atoms with Gasteiger partial charge in [-0.25, -0.2) is 0 Å². The number of allylic oxidation sites excluding steroid dienone is 4. The molecule has 0 saturated heterocycles. The Hall–Kier alpha value is -0.481. The summed E-state index contributed by atoms with van der Waals surface area (Å²) in [5.41, 5.74) is 7.83. The molecular formula is C54H82O4Se2. The molecule has 2 unspecified atom stereocenters. The Balaban J connectivity index is 0.665. The quantitative estimate of drug-likeness (QED) is 0.123. The number of hydrogen-bond acceptors (Lipinski definition) is 4. The summed E-state index contributed by atoms with van der Waals surface area (Å²) in [5, 5.41) is 23.8. The molecule has 0 radical (unpaired) electrons. The van der Waals surface area contributed by atoms with Crippen LogP contribution in [0.15, 0.2) is 46.0 Å². The normalized spacial score (nSPS) is 48.6. The van der Waals surface area contributed by atoms with E-state index in [1.165, 1.54) is 99.2 Å². The predicted molar refractivity (Wildman–Crippen MR) is 246 cm³/mol. The van der Waals surface area contributed by atoms with E-state index in [0.717, 1.165) is 112 Å². The van der Waals surface area contributed by atoms with Crippen molar-refractivity contribution in [1.82, 2.24) is 0 Å². The molecule has 6 fully saturated rings. The first kappa shape index (κ1) is 43.4. The Morgan fingerprint density at radius 1 is 0.617 bits per heavy atom. The van der Waals surface area contributed by atoms with Crippen LogP contribution in [-0.2, 0) is 9.47 Å². The van der Waals surface area contributed by atoms with Gasteiger partial charge in [0.15, 0.2) is 0 Å². The van der Waals surface area contributed by atoms with E-state index >= 15 is 0 Å². The fourth-order valence-corrected chi connectivity index (χ4v) is 26.9. The summed E-state index contributed by atoms with van der Waals surface area (Å²) in [7, 11) is 0. The van der Waals surface area contributed by atoms with E-state index in [4.69, 9.17) is 9.47 Å². The maximum atomic E-state index is 10.4. The Morgan fingerprint density at radius 3 is 1.45 bits per heavy atom. The molecular weight excluding hydrogens is 871 g/mol. The van der Waals surface area contributed by atoms with Crippen LogP contribution in [0, 0.1) is 80.8 Å². The van der Waals surface area contributed by atoms with Gasteiger partial charge < -0.3 is 10.2 Å². The van der Waals surface area contributed by atoms with E-state index < -0.39 is 0 Å². The van der Waals surface area contributed by atoms with Gasteiger partial charge in [-0.15, -0.1) is 0 Å².